The molecule has 134 valence electrons. The summed E-state index contributed by atoms with van der Waals surface area (Å²) in [6.07, 6.45) is 3.10. The Kier molecular flexibility index (Phi) is 7.16. The number of hydrogen-bond donors (Lipinski definition) is 2. The fourth-order valence-corrected chi connectivity index (χ4v) is 2.89. The predicted octanol–water partition coefficient (Wildman–Crippen LogP) is 4.33. The molecule has 1 aromatic heterocycles. The molecule has 4 nitrogen and oxygen atoms in total. The number of para-hydroxylation sites is 1. The van der Waals surface area contributed by atoms with E-state index >= 15 is 0 Å². The van der Waals surface area contributed by atoms with Gasteiger partial charge in [-0.3, -0.25) is 0 Å². The first kappa shape index (κ1) is 19.2. The second-order valence-electron chi connectivity index (χ2n) is 5.70. The Morgan fingerprint density at radius 3 is 2.72 bits per heavy atom. The van der Waals surface area contributed by atoms with Crippen LogP contribution in [0.15, 0.2) is 48.7 Å². The van der Waals surface area contributed by atoms with E-state index in [0.29, 0.717) is 6.61 Å². The van der Waals surface area contributed by atoms with Gasteiger partial charge in [0.1, 0.15) is 0 Å². The van der Waals surface area contributed by atoms with Gasteiger partial charge >= 0.3 is 0 Å². The molecule has 1 heterocycles. The van der Waals surface area contributed by atoms with Crippen molar-refractivity contribution < 1.29 is 9.47 Å². The average molecular weight is 361 g/mol. The third kappa shape index (κ3) is 4.68. The molecule has 5 heteroatoms. The van der Waals surface area contributed by atoms with Gasteiger partial charge in [0.2, 0.25) is 0 Å². The van der Waals surface area contributed by atoms with Crippen LogP contribution in [0.5, 0.6) is 11.5 Å². The normalized spacial score (nSPS) is 10.5. The van der Waals surface area contributed by atoms with Crippen LogP contribution in [0.1, 0.15) is 18.1 Å². The van der Waals surface area contributed by atoms with Crippen LogP contribution in [0.2, 0.25) is 0 Å². The Hall–Kier alpha value is -2.17. The van der Waals surface area contributed by atoms with Gasteiger partial charge in [0.05, 0.1) is 13.7 Å². The Morgan fingerprint density at radius 1 is 1.08 bits per heavy atom. The van der Waals surface area contributed by atoms with Crippen LogP contribution < -0.4 is 14.8 Å². The van der Waals surface area contributed by atoms with Gasteiger partial charge in [-0.05, 0) is 49.2 Å². The summed E-state index contributed by atoms with van der Waals surface area (Å²) >= 11 is 0. The van der Waals surface area contributed by atoms with Gasteiger partial charge < -0.3 is 19.8 Å². The summed E-state index contributed by atoms with van der Waals surface area (Å²) in [7, 11) is 1.66. The molecule has 0 fully saturated rings. The fraction of sp³-hybridized carbons (Fsp3) is 0.300. The van der Waals surface area contributed by atoms with E-state index in [1.807, 2.05) is 19.1 Å². The van der Waals surface area contributed by atoms with E-state index in [9.17, 15) is 0 Å². The predicted molar refractivity (Wildman–Crippen MR) is 105 cm³/mol. The van der Waals surface area contributed by atoms with E-state index in [0.717, 1.165) is 31.0 Å². The van der Waals surface area contributed by atoms with E-state index in [-0.39, 0.29) is 12.4 Å². The molecule has 3 rings (SSSR count). The number of methoxy groups -OCH3 is 1. The number of ether oxygens (including phenoxy) is 2. The Morgan fingerprint density at radius 2 is 1.92 bits per heavy atom. The lowest BCUT2D eigenvalue weighted by Gasteiger charge is -2.11. The molecule has 0 aliphatic carbocycles. The molecule has 0 saturated heterocycles. The Balaban J connectivity index is 0.00000225. The molecule has 0 spiro atoms. The maximum atomic E-state index is 5.63. The molecule has 3 aromatic rings. The molecule has 0 aliphatic rings. The van der Waals surface area contributed by atoms with Gasteiger partial charge in [-0.25, -0.2) is 0 Å². The lowest BCUT2D eigenvalue weighted by atomic mass is 10.1. The highest BCUT2D eigenvalue weighted by Crippen LogP contribution is 2.28. The molecule has 2 aromatic carbocycles. The van der Waals surface area contributed by atoms with Gasteiger partial charge in [0.15, 0.2) is 11.5 Å². The monoisotopic (exact) mass is 360 g/mol. The van der Waals surface area contributed by atoms with Crippen LogP contribution in [0.4, 0.5) is 0 Å². The van der Waals surface area contributed by atoms with E-state index < -0.39 is 0 Å². The first-order valence-electron chi connectivity index (χ1n) is 8.37. The third-order valence-corrected chi connectivity index (χ3v) is 4.10. The standard InChI is InChI=1S/C20H24N2O2.ClH/c1-3-24-20-12-15(8-9-19(20)23-2)13-21-11-10-16-14-22-18-7-5-4-6-17(16)18;/h4-9,12,14,21-22H,3,10-11,13H2,1-2H3;1H. The molecule has 0 aliphatic heterocycles. The zero-order chi connectivity index (χ0) is 16.8. The van der Waals surface area contributed by atoms with Crippen molar-refractivity contribution in [2.24, 2.45) is 0 Å². The van der Waals surface area contributed by atoms with Crippen LogP contribution in [0, 0.1) is 0 Å². The molecular weight excluding hydrogens is 336 g/mol. The summed E-state index contributed by atoms with van der Waals surface area (Å²) in [5, 5.41) is 4.81. The van der Waals surface area contributed by atoms with Gasteiger partial charge in [-0.2, -0.15) is 0 Å². The van der Waals surface area contributed by atoms with Crippen molar-refractivity contribution in [3.05, 3.63) is 59.8 Å². The molecule has 0 radical (unpaired) electrons. The number of H-pyrrole nitrogens is 1. The molecule has 0 saturated carbocycles. The number of nitrogens with one attached hydrogen (secondary N) is 2. The summed E-state index contributed by atoms with van der Waals surface area (Å²) in [5.74, 6) is 1.58. The number of aromatic nitrogens is 1. The minimum atomic E-state index is 0. The number of hydrogen-bond acceptors (Lipinski definition) is 3. The second-order valence-corrected chi connectivity index (χ2v) is 5.70. The van der Waals surface area contributed by atoms with Gasteiger partial charge in [-0.1, -0.05) is 24.3 Å². The Bertz CT molecular complexity index is 801. The summed E-state index contributed by atoms with van der Waals surface area (Å²) in [6.45, 7) is 4.35. The van der Waals surface area contributed by atoms with Crippen molar-refractivity contribution in [1.29, 1.82) is 0 Å². The van der Waals surface area contributed by atoms with E-state index in [4.69, 9.17) is 9.47 Å². The van der Waals surface area contributed by atoms with Crippen molar-refractivity contribution in [3.8, 4) is 11.5 Å². The number of aromatic amines is 1. The zero-order valence-corrected chi connectivity index (χ0v) is 15.5. The fourth-order valence-electron chi connectivity index (χ4n) is 2.89. The number of rotatable bonds is 8. The van der Waals surface area contributed by atoms with Gasteiger partial charge in [0, 0.05) is 23.6 Å². The lowest BCUT2D eigenvalue weighted by Crippen LogP contribution is -2.16. The minimum Gasteiger partial charge on any atom is -0.493 e. The van der Waals surface area contributed by atoms with Crippen molar-refractivity contribution in [2.45, 2.75) is 19.9 Å². The SMILES string of the molecule is CCOc1cc(CNCCc2c[nH]c3ccccc23)ccc1OC.Cl. The summed E-state index contributed by atoms with van der Waals surface area (Å²) in [4.78, 5) is 3.32. The summed E-state index contributed by atoms with van der Waals surface area (Å²) < 4.78 is 10.9. The minimum absolute atomic E-state index is 0. The number of halogens is 1. The maximum Gasteiger partial charge on any atom is 0.161 e. The first-order valence-corrected chi connectivity index (χ1v) is 8.37. The van der Waals surface area contributed by atoms with E-state index in [2.05, 4.69) is 46.8 Å². The van der Waals surface area contributed by atoms with Gasteiger partial charge in [0.25, 0.3) is 0 Å². The lowest BCUT2D eigenvalue weighted by molar-refractivity contribution is 0.310. The largest absolute Gasteiger partial charge is 0.493 e. The molecule has 0 amide bonds. The molecule has 25 heavy (non-hydrogen) atoms. The number of benzene rings is 2. The highest BCUT2D eigenvalue weighted by atomic mass is 35.5. The summed E-state index contributed by atoms with van der Waals surface area (Å²) in [5.41, 5.74) is 3.74. The smallest absolute Gasteiger partial charge is 0.161 e. The van der Waals surface area contributed by atoms with E-state index in [1.54, 1.807) is 7.11 Å². The Labute approximate surface area is 154 Å². The van der Waals surface area contributed by atoms with Crippen molar-refractivity contribution >= 4 is 23.3 Å². The van der Waals surface area contributed by atoms with Crippen LogP contribution in [-0.2, 0) is 13.0 Å². The van der Waals surface area contributed by atoms with Crippen LogP contribution in [0.25, 0.3) is 10.9 Å². The highest BCUT2D eigenvalue weighted by molar-refractivity contribution is 5.85. The van der Waals surface area contributed by atoms with Crippen LogP contribution in [0.3, 0.4) is 0 Å². The van der Waals surface area contributed by atoms with Crippen molar-refractivity contribution in [2.75, 3.05) is 20.3 Å². The quantitative estimate of drug-likeness (QED) is 0.588. The van der Waals surface area contributed by atoms with Gasteiger partial charge in [-0.15, -0.1) is 12.4 Å². The van der Waals surface area contributed by atoms with Crippen LogP contribution in [-0.4, -0.2) is 25.2 Å². The highest BCUT2D eigenvalue weighted by Gasteiger charge is 2.06. The second kappa shape index (κ2) is 9.35. The topological polar surface area (TPSA) is 46.3 Å². The summed E-state index contributed by atoms with van der Waals surface area (Å²) in [6, 6.07) is 14.5. The van der Waals surface area contributed by atoms with Crippen molar-refractivity contribution in [1.82, 2.24) is 10.3 Å². The molecule has 0 atom stereocenters. The van der Waals surface area contributed by atoms with Crippen LogP contribution >= 0.6 is 12.4 Å². The first-order chi connectivity index (χ1) is 11.8. The zero-order valence-electron chi connectivity index (χ0n) is 14.7. The van der Waals surface area contributed by atoms with E-state index in [1.165, 1.54) is 22.0 Å². The van der Waals surface area contributed by atoms with Crippen molar-refractivity contribution in [3.63, 3.8) is 0 Å². The molecule has 0 unspecified atom stereocenters. The molecular formula is C20H25ClN2O2. The number of fused-ring (bicyclic) bond motifs is 1. The third-order valence-electron chi connectivity index (χ3n) is 4.10. The maximum absolute atomic E-state index is 5.63. The molecule has 0 bridgehead atoms. The average Bonchev–Trinajstić information content (AvgIpc) is 3.02. The molecule has 2 N–H and O–H groups in total.